The molecular weight excluding hydrogens is 222 g/mol. The summed E-state index contributed by atoms with van der Waals surface area (Å²) in [5.74, 6) is -0.609. The Morgan fingerprint density at radius 3 is 2.62 bits per heavy atom. The molecule has 0 fully saturated rings. The number of rotatable bonds is 3. The van der Waals surface area contributed by atoms with E-state index in [0.717, 1.165) is 6.07 Å². The van der Waals surface area contributed by atoms with Gasteiger partial charge in [-0.25, -0.2) is 0 Å². The first-order chi connectivity index (χ1) is 7.47. The highest BCUT2D eigenvalue weighted by Crippen LogP contribution is 2.33. The van der Waals surface area contributed by atoms with Gasteiger partial charge in [-0.15, -0.1) is 0 Å². The molecule has 0 aliphatic carbocycles. The van der Waals surface area contributed by atoms with Crippen molar-refractivity contribution in [2.45, 2.75) is 13.5 Å². The molecule has 0 atom stereocenters. The molecule has 0 aromatic heterocycles. The standard InChI is InChI=1S/C9H6F2N2O3/c1-5-2-3-7(16-9(10)11)8(13(14)15)6(5)4-12/h2-3,9H,1H3. The van der Waals surface area contributed by atoms with E-state index in [9.17, 15) is 18.9 Å². The average Bonchev–Trinajstić information content (AvgIpc) is 2.18. The first kappa shape index (κ1) is 11.8. The summed E-state index contributed by atoms with van der Waals surface area (Å²) in [7, 11) is 0. The number of halogens is 2. The van der Waals surface area contributed by atoms with Crippen molar-refractivity contribution < 1.29 is 18.4 Å². The Kier molecular flexibility index (Phi) is 3.35. The lowest BCUT2D eigenvalue weighted by Gasteiger charge is -2.07. The van der Waals surface area contributed by atoms with Crippen LogP contribution in [-0.2, 0) is 0 Å². The number of alkyl halides is 2. The summed E-state index contributed by atoms with van der Waals surface area (Å²) >= 11 is 0. The highest BCUT2D eigenvalue weighted by Gasteiger charge is 2.24. The minimum atomic E-state index is -3.17. The Bertz CT molecular complexity index is 469. The van der Waals surface area contributed by atoms with E-state index in [2.05, 4.69) is 4.74 Å². The second kappa shape index (κ2) is 4.53. The number of nitro groups is 1. The molecule has 7 heteroatoms. The number of nitrogens with zero attached hydrogens (tertiary/aromatic N) is 2. The first-order valence-corrected chi connectivity index (χ1v) is 4.10. The zero-order valence-electron chi connectivity index (χ0n) is 8.11. The van der Waals surface area contributed by atoms with Gasteiger partial charge < -0.3 is 4.74 Å². The quantitative estimate of drug-likeness (QED) is 0.587. The predicted molar refractivity (Wildman–Crippen MR) is 49.2 cm³/mol. The highest BCUT2D eigenvalue weighted by molar-refractivity contribution is 5.61. The minimum absolute atomic E-state index is 0.275. The minimum Gasteiger partial charge on any atom is -0.427 e. The van der Waals surface area contributed by atoms with Gasteiger partial charge in [0.15, 0.2) is 0 Å². The van der Waals surface area contributed by atoms with Crippen LogP contribution in [0, 0.1) is 28.4 Å². The fraction of sp³-hybridized carbons (Fsp3) is 0.222. The Balaban J connectivity index is 3.40. The lowest BCUT2D eigenvalue weighted by molar-refractivity contribution is -0.386. The maximum atomic E-state index is 12.0. The monoisotopic (exact) mass is 228 g/mol. The van der Waals surface area contributed by atoms with Crippen molar-refractivity contribution in [3.63, 3.8) is 0 Å². The number of aryl methyl sites for hydroxylation is 1. The molecule has 1 aromatic rings. The van der Waals surface area contributed by atoms with Crippen LogP contribution < -0.4 is 4.74 Å². The molecule has 0 bridgehead atoms. The largest absolute Gasteiger partial charge is 0.427 e. The predicted octanol–water partition coefficient (Wildman–Crippen LogP) is 2.38. The molecule has 0 saturated carbocycles. The van der Waals surface area contributed by atoms with Gasteiger partial charge in [0.05, 0.1) is 4.92 Å². The summed E-state index contributed by atoms with van der Waals surface area (Å²) in [6, 6.07) is 3.94. The number of ether oxygens (including phenoxy) is 1. The Morgan fingerprint density at radius 1 is 1.56 bits per heavy atom. The third-order valence-corrected chi connectivity index (χ3v) is 1.86. The fourth-order valence-corrected chi connectivity index (χ4v) is 1.19. The van der Waals surface area contributed by atoms with Crippen LogP contribution in [0.5, 0.6) is 5.75 Å². The van der Waals surface area contributed by atoms with Crippen LogP contribution in [0.25, 0.3) is 0 Å². The number of nitriles is 1. The van der Waals surface area contributed by atoms with Crippen molar-refractivity contribution in [2.24, 2.45) is 0 Å². The van der Waals surface area contributed by atoms with Gasteiger partial charge in [-0.05, 0) is 18.6 Å². The van der Waals surface area contributed by atoms with E-state index >= 15 is 0 Å². The molecule has 0 spiro atoms. The molecule has 1 rings (SSSR count). The van der Waals surface area contributed by atoms with Crippen molar-refractivity contribution in [3.8, 4) is 11.8 Å². The first-order valence-electron chi connectivity index (χ1n) is 4.10. The highest BCUT2D eigenvalue weighted by atomic mass is 19.3. The molecule has 0 aliphatic heterocycles. The summed E-state index contributed by atoms with van der Waals surface area (Å²) in [5, 5.41) is 19.4. The van der Waals surface area contributed by atoms with Crippen LogP contribution in [0.3, 0.4) is 0 Å². The smallest absolute Gasteiger partial charge is 0.387 e. The zero-order chi connectivity index (χ0) is 12.3. The second-order valence-corrected chi connectivity index (χ2v) is 2.85. The SMILES string of the molecule is Cc1ccc(OC(F)F)c([N+](=O)[O-])c1C#N. The van der Waals surface area contributed by atoms with Crippen molar-refractivity contribution in [1.82, 2.24) is 0 Å². The molecule has 0 N–H and O–H groups in total. The molecule has 0 unspecified atom stereocenters. The van der Waals surface area contributed by atoms with Crippen LogP contribution >= 0.6 is 0 Å². The van der Waals surface area contributed by atoms with Gasteiger partial charge >= 0.3 is 12.3 Å². The van der Waals surface area contributed by atoms with Crippen molar-refractivity contribution in [1.29, 1.82) is 5.26 Å². The topological polar surface area (TPSA) is 76.2 Å². The van der Waals surface area contributed by atoms with E-state index in [-0.39, 0.29) is 5.56 Å². The average molecular weight is 228 g/mol. The Hall–Kier alpha value is -2.23. The molecule has 1 aromatic carbocycles. The third kappa shape index (κ3) is 2.23. The van der Waals surface area contributed by atoms with Crippen LogP contribution in [0.15, 0.2) is 12.1 Å². The molecular formula is C9H6F2N2O3. The molecule has 5 nitrogen and oxygen atoms in total. The van der Waals surface area contributed by atoms with Gasteiger partial charge in [-0.1, -0.05) is 6.07 Å². The summed E-state index contributed by atoms with van der Waals surface area (Å²) in [4.78, 5) is 9.75. The summed E-state index contributed by atoms with van der Waals surface area (Å²) in [6.45, 7) is -1.70. The fourth-order valence-electron chi connectivity index (χ4n) is 1.19. The summed E-state index contributed by atoms with van der Waals surface area (Å²) < 4.78 is 27.9. The summed E-state index contributed by atoms with van der Waals surface area (Å²) in [5.41, 5.74) is -0.679. The second-order valence-electron chi connectivity index (χ2n) is 2.85. The maximum Gasteiger partial charge on any atom is 0.387 e. The molecule has 0 heterocycles. The normalized spacial score (nSPS) is 9.94. The van der Waals surface area contributed by atoms with Crippen molar-refractivity contribution >= 4 is 5.69 Å². The lowest BCUT2D eigenvalue weighted by atomic mass is 10.1. The molecule has 0 saturated heterocycles. The van der Waals surface area contributed by atoms with Gasteiger partial charge in [0.25, 0.3) is 0 Å². The number of benzene rings is 1. The van der Waals surface area contributed by atoms with Gasteiger partial charge in [0, 0.05) is 0 Å². The van der Waals surface area contributed by atoms with E-state index in [0.29, 0.717) is 5.56 Å². The van der Waals surface area contributed by atoms with E-state index in [1.54, 1.807) is 6.07 Å². The maximum absolute atomic E-state index is 12.0. The van der Waals surface area contributed by atoms with Crippen molar-refractivity contribution in [2.75, 3.05) is 0 Å². The van der Waals surface area contributed by atoms with Crippen molar-refractivity contribution in [3.05, 3.63) is 33.4 Å². The van der Waals surface area contributed by atoms with E-state index in [4.69, 9.17) is 5.26 Å². The molecule has 0 aliphatic rings. The Morgan fingerprint density at radius 2 is 2.19 bits per heavy atom. The van der Waals surface area contributed by atoms with Gasteiger partial charge in [-0.3, -0.25) is 10.1 Å². The lowest BCUT2D eigenvalue weighted by Crippen LogP contribution is -2.06. The van der Waals surface area contributed by atoms with Gasteiger partial charge in [0.2, 0.25) is 5.75 Å². The van der Waals surface area contributed by atoms with E-state index < -0.39 is 23.0 Å². The zero-order valence-corrected chi connectivity index (χ0v) is 8.11. The van der Waals surface area contributed by atoms with Crippen LogP contribution in [-0.4, -0.2) is 11.5 Å². The third-order valence-electron chi connectivity index (χ3n) is 1.86. The molecule has 0 amide bonds. The number of hydrogen-bond acceptors (Lipinski definition) is 4. The van der Waals surface area contributed by atoms with Crippen LogP contribution in [0.2, 0.25) is 0 Å². The number of nitro benzene ring substituents is 1. The van der Waals surface area contributed by atoms with E-state index in [1.165, 1.54) is 13.0 Å². The summed E-state index contributed by atoms with van der Waals surface area (Å²) in [6.07, 6.45) is 0. The Labute approximate surface area is 89.0 Å². The molecule has 84 valence electrons. The molecule has 0 radical (unpaired) electrons. The van der Waals surface area contributed by atoms with Crippen LogP contribution in [0.4, 0.5) is 14.5 Å². The van der Waals surface area contributed by atoms with Gasteiger partial charge in [0.1, 0.15) is 11.6 Å². The van der Waals surface area contributed by atoms with Crippen LogP contribution in [0.1, 0.15) is 11.1 Å². The number of hydrogen-bond donors (Lipinski definition) is 0. The van der Waals surface area contributed by atoms with E-state index in [1.807, 2.05) is 0 Å². The molecule has 16 heavy (non-hydrogen) atoms. The van der Waals surface area contributed by atoms with Gasteiger partial charge in [-0.2, -0.15) is 14.0 Å².